The van der Waals surface area contributed by atoms with E-state index in [0.29, 0.717) is 0 Å². The molecule has 0 bridgehead atoms. The van der Waals surface area contributed by atoms with Gasteiger partial charge in [0.05, 0.1) is 11.3 Å². The first-order valence-electron chi connectivity index (χ1n) is 6.82. The van der Waals surface area contributed by atoms with Crippen LogP contribution in [0.3, 0.4) is 0 Å². The maximum absolute atomic E-state index is 13.7. The fourth-order valence-corrected chi connectivity index (χ4v) is 3.18. The lowest BCUT2D eigenvalue weighted by Crippen LogP contribution is -2.25. The Balaban J connectivity index is 2.41. The Labute approximate surface area is 138 Å². The van der Waals surface area contributed by atoms with Crippen molar-refractivity contribution in [1.29, 1.82) is 0 Å². The van der Waals surface area contributed by atoms with Gasteiger partial charge in [0, 0.05) is 6.54 Å². The van der Waals surface area contributed by atoms with Gasteiger partial charge in [-0.25, -0.2) is 17.2 Å². The summed E-state index contributed by atoms with van der Waals surface area (Å²) in [6.45, 7) is 3.64. The first kappa shape index (κ1) is 17.6. The fourth-order valence-electron chi connectivity index (χ4n) is 1.97. The summed E-state index contributed by atoms with van der Waals surface area (Å²) in [6, 6.07) is 8.44. The Morgan fingerprint density at radius 1 is 1.08 bits per heavy atom. The van der Waals surface area contributed by atoms with Gasteiger partial charge >= 0.3 is 0 Å². The molecule has 24 heavy (non-hydrogen) atoms. The Hall–Kier alpha value is -2.74. The number of halogens is 2. The fraction of sp³-hybridized carbons (Fsp3) is 0.0625. The Kier molecular flexibility index (Phi) is 5.30. The summed E-state index contributed by atoms with van der Waals surface area (Å²) in [5, 5.41) is 2.50. The second-order valence-corrected chi connectivity index (χ2v) is 6.32. The Morgan fingerprint density at radius 3 is 2.33 bits per heavy atom. The van der Waals surface area contributed by atoms with Gasteiger partial charge in [-0.15, -0.1) is 6.58 Å². The molecule has 0 saturated carbocycles. The van der Waals surface area contributed by atoms with E-state index in [4.69, 9.17) is 0 Å². The van der Waals surface area contributed by atoms with Crippen molar-refractivity contribution in [3.8, 4) is 0 Å². The predicted octanol–water partition coefficient (Wildman–Crippen LogP) is 2.68. The van der Waals surface area contributed by atoms with Crippen LogP contribution < -0.4 is 10.0 Å². The number of benzene rings is 2. The smallest absolute Gasteiger partial charge is 0.267 e. The van der Waals surface area contributed by atoms with Crippen molar-refractivity contribution in [2.45, 2.75) is 4.90 Å². The number of carbonyl (C=O) groups excluding carboxylic acids is 1. The van der Waals surface area contributed by atoms with E-state index in [1.54, 1.807) is 0 Å². The topological polar surface area (TPSA) is 75.3 Å². The van der Waals surface area contributed by atoms with Crippen LogP contribution in [0.25, 0.3) is 0 Å². The van der Waals surface area contributed by atoms with Crippen LogP contribution in [0.2, 0.25) is 0 Å². The van der Waals surface area contributed by atoms with Crippen LogP contribution in [0.4, 0.5) is 14.5 Å². The van der Waals surface area contributed by atoms with Gasteiger partial charge in [0.2, 0.25) is 0 Å². The zero-order valence-electron chi connectivity index (χ0n) is 12.4. The summed E-state index contributed by atoms with van der Waals surface area (Å²) in [4.78, 5) is 10.9. The van der Waals surface area contributed by atoms with Crippen LogP contribution in [0, 0.1) is 11.6 Å². The molecular formula is C16H14F2N2O3S. The van der Waals surface area contributed by atoms with Crippen molar-refractivity contribution in [2.24, 2.45) is 0 Å². The molecule has 2 N–H and O–H groups in total. The number of nitrogens with one attached hydrogen (secondary N) is 2. The number of anilines is 1. The van der Waals surface area contributed by atoms with E-state index in [-0.39, 0.29) is 17.8 Å². The van der Waals surface area contributed by atoms with Crippen LogP contribution in [-0.4, -0.2) is 20.9 Å². The molecule has 0 fully saturated rings. The standard InChI is InChI=1S/C16H14F2N2O3S/c1-2-10-19-16(21)11-6-3-4-9-14(11)20-24(22,23)15-12(17)7-5-8-13(15)18/h2-9,20H,1,10H2,(H,19,21). The molecule has 2 aromatic carbocycles. The summed E-state index contributed by atoms with van der Waals surface area (Å²) in [6.07, 6.45) is 1.46. The van der Waals surface area contributed by atoms with Gasteiger partial charge in [0.15, 0.2) is 4.90 Å². The third-order valence-corrected chi connectivity index (χ3v) is 4.43. The van der Waals surface area contributed by atoms with Crippen molar-refractivity contribution in [3.63, 3.8) is 0 Å². The molecule has 126 valence electrons. The van der Waals surface area contributed by atoms with Crippen LogP contribution in [0.15, 0.2) is 60.0 Å². The Morgan fingerprint density at radius 2 is 1.71 bits per heavy atom. The third kappa shape index (κ3) is 3.77. The quantitative estimate of drug-likeness (QED) is 0.785. The number of hydrogen-bond acceptors (Lipinski definition) is 3. The highest BCUT2D eigenvalue weighted by atomic mass is 32.2. The van der Waals surface area contributed by atoms with Gasteiger partial charge in [0.25, 0.3) is 15.9 Å². The highest BCUT2D eigenvalue weighted by Crippen LogP contribution is 2.23. The van der Waals surface area contributed by atoms with E-state index in [1.165, 1.54) is 30.3 Å². The van der Waals surface area contributed by atoms with Crippen molar-refractivity contribution >= 4 is 21.6 Å². The lowest BCUT2D eigenvalue weighted by molar-refractivity contribution is 0.0959. The van der Waals surface area contributed by atoms with Gasteiger partial charge in [-0.1, -0.05) is 24.3 Å². The summed E-state index contributed by atoms with van der Waals surface area (Å²) in [5.41, 5.74) is -0.0820. The molecule has 0 aliphatic carbocycles. The second kappa shape index (κ2) is 7.22. The van der Waals surface area contributed by atoms with Crippen molar-refractivity contribution < 1.29 is 22.0 Å². The summed E-state index contributed by atoms with van der Waals surface area (Å²) in [7, 11) is -4.55. The average Bonchev–Trinajstić information content (AvgIpc) is 2.52. The van der Waals surface area contributed by atoms with E-state index < -0.39 is 32.5 Å². The molecule has 0 atom stereocenters. The minimum Gasteiger partial charge on any atom is -0.349 e. The molecule has 1 amide bonds. The van der Waals surface area contributed by atoms with Crippen molar-refractivity contribution in [1.82, 2.24) is 5.32 Å². The van der Waals surface area contributed by atoms with Crippen LogP contribution in [-0.2, 0) is 10.0 Å². The monoisotopic (exact) mass is 352 g/mol. The average molecular weight is 352 g/mol. The van der Waals surface area contributed by atoms with Gasteiger partial charge in [-0.3, -0.25) is 9.52 Å². The van der Waals surface area contributed by atoms with Crippen LogP contribution in [0.5, 0.6) is 0 Å². The first-order chi connectivity index (χ1) is 11.4. The largest absolute Gasteiger partial charge is 0.349 e. The van der Waals surface area contributed by atoms with Gasteiger partial charge in [-0.2, -0.15) is 0 Å². The molecule has 5 nitrogen and oxygen atoms in total. The molecular weight excluding hydrogens is 338 g/mol. The summed E-state index contributed by atoms with van der Waals surface area (Å²) in [5.74, 6) is -3.01. The number of sulfonamides is 1. The molecule has 0 heterocycles. The predicted molar refractivity (Wildman–Crippen MR) is 86.1 cm³/mol. The molecule has 8 heteroatoms. The number of hydrogen-bond donors (Lipinski definition) is 2. The number of rotatable bonds is 6. The molecule has 0 aromatic heterocycles. The van der Waals surface area contributed by atoms with Crippen LogP contribution in [0.1, 0.15) is 10.4 Å². The molecule has 2 aromatic rings. The summed E-state index contributed by atoms with van der Waals surface area (Å²) >= 11 is 0. The lowest BCUT2D eigenvalue weighted by atomic mass is 10.1. The minimum absolute atomic E-state index is 0.0136. The van der Waals surface area contributed by atoms with E-state index in [0.717, 1.165) is 18.2 Å². The highest BCUT2D eigenvalue weighted by molar-refractivity contribution is 7.92. The normalized spacial score (nSPS) is 10.9. The van der Waals surface area contributed by atoms with Gasteiger partial charge in [0.1, 0.15) is 11.6 Å². The molecule has 0 saturated heterocycles. The molecule has 0 radical (unpaired) electrons. The maximum Gasteiger partial charge on any atom is 0.267 e. The number of para-hydroxylation sites is 1. The molecule has 0 spiro atoms. The SMILES string of the molecule is C=CCNC(=O)c1ccccc1NS(=O)(=O)c1c(F)cccc1F. The number of amides is 1. The van der Waals surface area contributed by atoms with E-state index in [2.05, 4.69) is 11.9 Å². The van der Waals surface area contributed by atoms with Gasteiger partial charge in [-0.05, 0) is 24.3 Å². The molecule has 0 aliphatic rings. The third-order valence-electron chi connectivity index (χ3n) is 3.01. The van der Waals surface area contributed by atoms with Gasteiger partial charge < -0.3 is 5.32 Å². The highest BCUT2D eigenvalue weighted by Gasteiger charge is 2.25. The van der Waals surface area contributed by atoms with Crippen molar-refractivity contribution in [2.75, 3.05) is 11.3 Å². The number of carbonyl (C=O) groups is 1. The van der Waals surface area contributed by atoms with E-state index in [9.17, 15) is 22.0 Å². The Bertz CT molecular complexity index is 862. The second-order valence-electron chi connectivity index (χ2n) is 4.70. The zero-order valence-corrected chi connectivity index (χ0v) is 13.2. The van der Waals surface area contributed by atoms with Crippen molar-refractivity contribution in [3.05, 3.63) is 72.3 Å². The minimum atomic E-state index is -4.55. The first-order valence-corrected chi connectivity index (χ1v) is 8.30. The maximum atomic E-state index is 13.7. The molecule has 0 aliphatic heterocycles. The van der Waals surface area contributed by atoms with E-state index >= 15 is 0 Å². The van der Waals surface area contributed by atoms with E-state index in [1.807, 2.05) is 4.72 Å². The summed E-state index contributed by atoms with van der Waals surface area (Å²) < 4.78 is 54.1. The molecule has 0 unspecified atom stereocenters. The lowest BCUT2D eigenvalue weighted by Gasteiger charge is -2.13. The molecule has 2 rings (SSSR count). The van der Waals surface area contributed by atoms with Crippen LogP contribution >= 0.6 is 0 Å². The zero-order chi connectivity index (χ0) is 17.7.